The molecular weight excluding hydrogens is 314 g/mol. The van der Waals surface area contributed by atoms with Crippen molar-refractivity contribution in [3.05, 3.63) is 59.6 Å². The van der Waals surface area contributed by atoms with Crippen molar-refractivity contribution in [2.45, 2.75) is 0 Å². The van der Waals surface area contributed by atoms with Gasteiger partial charge in [-0.1, -0.05) is 23.7 Å². The molecule has 0 amide bonds. The predicted molar refractivity (Wildman–Crippen MR) is 89.2 cm³/mol. The van der Waals surface area contributed by atoms with E-state index in [1.165, 1.54) is 6.20 Å². The molecule has 0 spiro atoms. The fourth-order valence-corrected chi connectivity index (χ4v) is 2.24. The number of ether oxygens (including phenoxy) is 1. The molecule has 1 heterocycles. The minimum atomic E-state index is 0.229. The minimum absolute atomic E-state index is 0.229. The number of fused-ring (bicyclic) bond motifs is 1. The number of benzene rings is 2. The summed E-state index contributed by atoms with van der Waals surface area (Å²) >= 11 is 5.93. The van der Waals surface area contributed by atoms with E-state index < -0.39 is 0 Å². The van der Waals surface area contributed by atoms with Crippen LogP contribution in [-0.4, -0.2) is 12.1 Å². The SMILES string of the molecule is COc1ccccc1N/C=C(\C#N)c1nc2cc(Cl)ccc2o1. The highest BCUT2D eigenvalue weighted by Gasteiger charge is 2.11. The molecule has 0 aliphatic rings. The zero-order valence-corrected chi connectivity index (χ0v) is 13.0. The highest BCUT2D eigenvalue weighted by molar-refractivity contribution is 6.31. The lowest BCUT2D eigenvalue weighted by Crippen LogP contribution is -1.94. The number of oxazole rings is 1. The van der Waals surface area contributed by atoms with Crippen LogP contribution >= 0.6 is 11.6 Å². The van der Waals surface area contributed by atoms with E-state index in [1.54, 1.807) is 25.3 Å². The van der Waals surface area contributed by atoms with Crippen LogP contribution in [0.4, 0.5) is 5.69 Å². The van der Waals surface area contributed by atoms with Crippen LogP contribution in [0.1, 0.15) is 5.89 Å². The van der Waals surface area contributed by atoms with E-state index in [4.69, 9.17) is 20.8 Å². The molecule has 114 valence electrons. The van der Waals surface area contributed by atoms with Crippen molar-refractivity contribution in [2.75, 3.05) is 12.4 Å². The van der Waals surface area contributed by atoms with Gasteiger partial charge in [-0.15, -0.1) is 0 Å². The molecule has 0 aliphatic carbocycles. The first kappa shape index (κ1) is 14.9. The standard InChI is InChI=1S/C17H12ClN3O2/c1-22-15-5-3-2-4-13(15)20-10-11(9-19)17-21-14-8-12(18)6-7-16(14)23-17/h2-8,10,20H,1H3/b11-10+. The second-order valence-corrected chi connectivity index (χ2v) is 5.08. The molecule has 0 bridgehead atoms. The summed E-state index contributed by atoms with van der Waals surface area (Å²) in [7, 11) is 1.58. The number of methoxy groups -OCH3 is 1. The van der Waals surface area contributed by atoms with E-state index in [0.29, 0.717) is 21.9 Å². The first-order valence-electron chi connectivity index (χ1n) is 6.77. The lowest BCUT2D eigenvalue weighted by atomic mass is 10.2. The first-order valence-corrected chi connectivity index (χ1v) is 7.15. The van der Waals surface area contributed by atoms with Gasteiger partial charge in [0.2, 0.25) is 5.89 Å². The summed E-state index contributed by atoms with van der Waals surface area (Å²) in [6, 6.07) is 14.6. The van der Waals surface area contributed by atoms with Gasteiger partial charge in [-0.25, -0.2) is 4.98 Å². The zero-order chi connectivity index (χ0) is 16.2. The molecule has 0 radical (unpaired) electrons. The molecule has 1 N–H and O–H groups in total. The lowest BCUT2D eigenvalue weighted by molar-refractivity contribution is 0.417. The number of hydrogen-bond donors (Lipinski definition) is 1. The summed E-state index contributed by atoms with van der Waals surface area (Å²) in [5.41, 5.74) is 2.18. The highest BCUT2D eigenvalue weighted by atomic mass is 35.5. The van der Waals surface area contributed by atoms with Crippen LogP contribution in [0.2, 0.25) is 5.02 Å². The maximum absolute atomic E-state index is 9.35. The van der Waals surface area contributed by atoms with Crippen LogP contribution in [0, 0.1) is 11.3 Å². The molecular formula is C17H12ClN3O2. The summed E-state index contributed by atoms with van der Waals surface area (Å²) < 4.78 is 10.8. The average molecular weight is 326 g/mol. The van der Waals surface area contributed by atoms with Gasteiger partial charge in [0.1, 0.15) is 22.9 Å². The number of para-hydroxylation sites is 2. The third kappa shape index (κ3) is 3.12. The van der Waals surface area contributed by atoms with Crippen LogP contribution in [0.5, 0.6) is 5.75 Å². The van der Waals surface area contributed by atoms with Crippen molar-refractivity contribution >= 4 is 34.0 Å². The second-order valence-electron chi connectivity index (χ2n) is 4.65. The third-order valence-electron chi connectivity index (χ3n) is 3.18. The van der Waals surface area contributed by atoms with Gasteiger partial charge in [-0.3, -0.25) is 0 Å². The summed E-state index contributed by atoms with van der Waals surface area (Å²) in [5.74, 6) is 0.901. The predicted octanol–water partition coefficient (Wildman–Crippen LogP) is 4.47. The van der Waals surface area contributed by atoms with Crippen molar-refractivity contribution in [2.24, 2.45) is 0 Å². The highest BCUT2D eigenvalue weighted by Crippen LogP contribution is 2.26. The maximum Gasteiger partial charge on any atom is 0.239 e. The largest absolute Gasteiger partial charge is 0.495 e. The van der Waals surface area contributed by atoms with Gasteiger partial charge in [0.25, 0.3) is 0 Å². The molecule has 0 atom stereocenters. The third-order valence-corrected chi connectivity index (χ3v) is 3.41. The van der Waals surface area contributed by atoms with Crippen molar-refractivity contribution < 1.29 is 9.15 Å². The Labute approximate surface area is 137 Å². The van der Waals surface area contributed by atoms with Crippen molar-refractivity contribution in [3.8, 4) is 11.8 Å². The van der Waals surface area contributed by atoms with E-state index in [1.807, 2.05) is 24.3 Å². The Bertz CT molecular complexity index is 925. The minimum Gasteiger partial charge on any atom is -0.495 e. The number of nitrogens with one attached hydrogen (secondary N) is 1. The van der Waals surface area contributed by atoms with Crippen molar-refractivity contribution in [1.29, 1.82) is 5.26 Å². The molecule has 3 rings (SSSR count). The van der Waals surface area contributed by atoms with Crippen LogP contribution in [-0.2, 0) is 0 Å². The Morgan fingerprint density at radius 1 is 1.35 bits per heavy atom. The molecule has 0 saturated heterocycles. The molecule has 0 saturated carbocycles. The lowest BCUT2D eigenvalue weighted by Gasteiger charge is -2.07. The number of halogens is 1. The van der Waals surface area contributed by atoms with Gasteiger partial charge in [0, 0.05) is 11.2 Å². The van der Waals surface area contributed by atoms with Gasteiger partial charge in [0.15, 0.2) is 5.58 Å². The normalized spacial score (nSPS) is 11.3. The number of hydrogen-bond acceptors (Lipinski definition) is 5. The smallest absolute Gasteiger partial charge is 0.239 e. The van der Waals surface area contributed by atoms with E-state index in [9.17, 15) is 5.26 Å². The number of nitriles is 1. The Hall–Kier alpha value is -2.97. The van der Waals surface area contributed by atoms with E-state index >= 15 is 0 Å². The number of rotatable bonds is 4. The van der Waals surface area contributed by atoms with Gasteiger partial charge in [0.05, 0.1) is 12.8 Å². The second kappa shape index (κ2) is 6.42. The van der Waals surface area contributed by atoms with Gasteiger partial charge in [-0.05, 0) is 30.3 Å². The molecule has 1 aromatic heterocycles. The number of nitrogens with zero attached hydrogens (tertiary/aromatic N) is 2. The Balaban J connectivity index is 1.93. The van der Waals surface area contributed by atoms with Crippen LogP contribution in [0.3, 0.4) is 0 Å². The monoisotopic (exact) mass is 325 g/mol. The van der Waals surface area contributed by atoms with Crippen molar-refractivity contribution in [1.82, 2.24) is 4.98 Å². The summed E-state index contributed by atoms with van der Waals surface area (Å²) in [4.78, 5) is 4.29. The van der Waals surface area contributed by atoms with Crippen LogP contribution < -0.4 is 10.1 Å². The van der Waals surface area contributed by atoms with Gasteiger partial charge >= 0.3 is 0 Å². The van der Waals surface area contributed by atoms with Crippen molar-refractivity contribution in [3.63, 3.8) is 0 Å². The number of allylic oxidation sites excluding steroid dienone is 1. The average Bonchev–Trinajstić information content (AvgIpc) is 2.98. The quantitative estimate of drug-likeness (QED) is 0.717. The van der Waals surface area contributed by atoms with E-state index in [-0.39, 0.29) is 11.5 Å². The molecule has 0 unspecified atom stereocenters. The number of anilines is 1. The topological polar surface area (TPSA) is 71.1 Å². The molecule has 2 aromatic carbocycles. The summed E-state index contributed by atoms with van der Waals surface area (Å²) in [6.45, 7) is 0. The zero-order valence-electron chi connectivity index (χ0n) is 12.2. The molecule has 5 nitrogen and oxygen atoms in total. The van der Waals surface area contributed by atoms with E-state index in [0.717, 1.165) is 5.69 Å². The summed E-state index contributed by atoms with van der Waals surface area (Å²) in [5, 5.41) is 12.9. The number of aromatic nitrogens is 1. The molecule has 0 fully saturated rings. The molecule has 6 heteroatoms. The first-order chi connectivity index (χ1) is 11.2. The summed E-state index contributed by atoms with van der Waals surface area (Å²) in [6.07, 6.45) is 1.53. The maximum atomic E-state index is 9.35. The van der Waals surface area contributed by atoms with E-state index in [2.05, 4.69) is 16.4 Å². The van der Waals surface area contributed by atoms with Gasteiger partial charge in [-0.2, -0.15) is 5.26 Å². The Kier molecular flexibility index (Phi) is 4.18. The molecule has 3 aromatic rings. The van der Waals surface area contributed by atoms with Crippen LogP contribution in [0.15, 0.2) is 53.1 Å². The molecule has 0 aliphatic heterocycles. The van der Waals surface area contributed by atoms with Gasteiger partial charge < -0.3 is 14.5 Å². The van der Waals surface area contributed by atoms with Crippen LogP contribution in [0.25, 0.3) is 16.7 Å². The Morgan fingerprint density at radius 2 is 2.17 bits per heavy atom. The Morgan fingerprint density at radius 3 is 2.96 bits per heavy atom. The fourth-order valence-electron chi connectivity index (χ4n) is 2.07. The molecule has 23 heavy (non-hydrogen) atoms. The fraction of sp³-hybridized carbons (Fsp3) is 0.0588.